The van der Waals surface area contributed by atoms with E-state index in [0.29, 0.717) is 19.3 Å². The summed E-state index contributed by atoms with van der Waals surface area (Å²) in [6.07, 6.45) is 1.52. The van der Waals surface area contributed by atoms with Gasteiger partial charge >= 0.3 is 0 Å². The van der Waals surface area contributed by atoms with Crippen molar-refractivity contribution < 1.29 is 4.39 Å². The van der Waals surface area contributed by atoms with Gasteiger partial charge in [-0.1, -0.05) is 0 Å². The average Bonchev–Trinajstić information content (AvgIpc) is 2.33. The molecule has 2 N–H and O–H groups in total. The quantitative estimate of drug-likeness (QED) is 0.873. The Morgan fingerprint density at radius 3 is 2.85 bits per heavy atom. The van der Waals surface area contributed by atoms with Gasteiger partial charge in [0, 0.05) is 12.5 Å². The van der Waals surface area contributed by atoms with E-state index in [1.807, 2.05) is 11.4 Å². The van der Waals surface area contributed by atoms with Crippen molar-refractivity contribution in [2.24, 2.45) is 5.73 Å². The van der Waals surface area contributed by atoms with Gasteiger partial charge in [-0.05, 0) is 45.8 Å². The minimum atomic E-state index is -1.04. The molecule has 1 nitrogen and oxygen atoms in total. The number of hydrogen-bond acceptors (Lipinski definition) is 2. The van der Waals surface area contributed by atoms with Crippen LogP contribution in [-0.2, 0) is 6.42 Å². The van der Waals surface area contributed by atoms with Crippen LogP contribution in [0.4, 0.5) is 4.39 Å². The van der Waals surface area contributed by atoms with Gasteiger partial charge in [0.2, 0.25) is 0 Å². The fraction of sp³-hybridized carbons (Fsp3) is 0.556. The van der Waals surface area contributed by atoms with Crippen molar-refractivity contribution in [2.75, 3.05) is 0 Å². The zero-order chi connectivity index (χ0) is 9.47. The van der Waals surface area contributed by atoms with Crippen LogP contribution >= 0.6 is 27.3 Å². The molecule has 0 bridgehead atoms. The SMILES string of the molecule is NC1CC(F)(Cc2ccsc2Br)C1. The van der Waals surface area contributed by atoms with E-state index in [0.717, 1.165) is 9.35 Å². The van der Waals surface area contributed by atoms with Crippen LogP contribution in [0.3, 0.4) is 0 Å². The predicted octanol–water partition coefficient (Wildman–Crippen LogP) is 2.88. The first-order chi connectivity index (χ1) is 6.09. The van der Waals surface area contributed by atoms with E-state index in [-0.39, 0.29) is 6.04 Å². The smallest absolute Gasteiger partial charge is 0.118 e. The number of hydrogen-bond donors (Lipinski definition) is 1. The van der Waals surface area contributed by atoms with Gasteiger partial charge < -0.3 is 5.73 Å². The molecule has 1 aromatic rings. The second-order valence-electron chi connectivity index (χ2n) is 3.72. The first-order valence-electron chi connectivity index (χ1n) is 4.25. The van der Waals surface area contributed by atoms with Crippen molar-refractivity contribution in [3.8, 4) is 0 Å². The van der Waals surface area contributed by atoms with Gasteiger partial charge in [-0.25, -0.2) is 4.39 Å². The molecule has 1 aromatic heterocycles. The van der Waals surface area contributed by atoms with E-state index >= 15 is 0 Å². The fourth-order valence-corrected chi connectivity index (χ4v) is 3.05. The van der Waals surface area contributed by atoms with Crippen LogP contribution in [0.1, 0.15) is 18.4 Å². The molecule has 1 heterocycles. The van der Waals surface area contributed by atoms with Crippen molar-refractivity contribution in [3.63, 3.8) is 0 Å². The number of alkyl halides is 1. The third kappa shape index (κ3) is 1.95. The summed E-state index contributed by atoms with van der Waals surface area (Å²) in [5.74, 6) is 0. The van der Waals surface area contributed by atoms with Crippen LogP contribution in [0.15, 0.2) is 15.2 Å². The lowest BCUT2D eigenvalue weighted by Gasteiger charge is -2.39. The van der Waals surface area contributed by atoms with Crippen molar-refractivity contribution in [2.45, 2.75) is 31.0 Å². The van der Waals surface area contributed by atoms with Gasteiger partial charge in [-0.3, -0.25) is 0 Å². The highest BCUT2D eigenvalue weighted by atomic mass is 79.9. The molecule has 1 aliphatic rings. The van der Waals surface area contributed by atoms with E-state index in [4.69, 9.17) is 5.73 Å². The number of rotatable bonds is 2. The molecule has 0 radical (unpaired) electrons. The Kier molecular flexibility index (Phi) is 2.47. The van der Waals surface area contributed by atoms with E-state index in [9.17, 15) is 4.39 Å². The Bertz CT molecular complexity index is 306. The summed E-state index contributed by atoms with van der Waals surface area (Å²) in [4.78, 5) is 0. The molecule has 0 amide bonds. The largest absolute Gasteiger partial charge is 0.327 e. The molecule has 0 aliphatic heterocycles. The van der Waals surface area contributed by atoms with E-state index < -0.39 is 5.67 Å². The van der Waals surface area contributed by atoms with Gasteiger partial charge in [0.1, 0.15) is 5.67 Å². The monoisotopic (exact) mass is 263 g/mol. The molecule has 0 saturated heterocycles. The molecule has 72 valence electrons. The maximum atomic E-state index is 13.8. The summed E-state index contributed by atoms with van der Waals surface area (Å²) in [6.45, 7) is 0. The first-order valence-corrected chi connectivity index (χ1v) is 5.93. The maximum absolute atomic E-state index is 13.8. The molecule has 0 aromatic carbocycles. The fourth-order valence-electron chi connectivity index (χ4n) is 1.81. The second-order valence-corrected chi connectivity index (χ2v) is 5.95. The molecule has 1 aliphatic carbocycles. The average molecular weight is 264 g/mol. The minimum Gasteiger partial charge on any atom is -0.327 e. The van der Waals surface area contributed by atoms with E-state index in [1.165, 1.54) is 0 Å². The molecule has 1 fully saturated rings. The van der Waals surface area contributed by atoms with Gasteiger partial charge in [0.05, 0.1) is 3.79 Å². The summed E-state index contributed by atoms with van der Waals surface area (Å²) < 4.78 is 14.9. The first kappa shape index (κ1) is 9.62. The predicted molar refractivity (Wildman–Crippen MR) is 56.8 cm³/mol. The third-order valence-corrected chi connectivity index (χ3v) is 4.27. The molecule has 2 rings (SSSR count). The lowest BCUT2D eigenvalue weighted by Crippen LogP contribution is -2.49. The van der Waals surface area contributed by atoms with Gasteiger partial charge in [-0.2, -0.15) is 0 Å². The number of halogens is 2. The van der Waals surface area contributed by atoms with Gasteiger partial charge in [-0.15, -0.1) is 11.3 Å². The number of nitrogens with two attached hydrogens (primary N) is 1. The van der Waals surface area contributed by atoms with Crippen LogP contribution in [-0.4, -0.2) is 11.7 Å². The number of thiophene rings is 1. The summed E-state index contributed by atoms with van der Waals surface area (Å²) in [5, 5.41) is 1.97. The Hall–Kier alpha value is 0.0700. The molecular weight excluding hydrogens is 253 g/mol. The molecule has 0 spiro atoms. The topological polar surface area (TPSA) is 26.0 Å². The Labute approximate surface area is 89.3 Å². The minimum absolute atomic E-state index is 0.0717. The summed E-state index contributed by atoms with van der Waals surface area (Å²) in [5.41, 5.74) is 5.60. The Balaban J connectivity index is 2.03. The Morgan fingerprint density at radius 2 is 2.38 bits per heavy atom. The highest BCUT2D eigenvalue weighted by Crippen LogP contribution is 2.40. The van der Waals surface area contributed by atoms with Crippen LogP contribution in [0, 0.1) is 0 Å². The van der Waals surface area contributed by atoms with Gasteiger partial charge in [0.15, 0.2) is 0 Å². The highest BCUT2D eigenvalue weighted by molar-refractivity contribution is 9.11. The van der Waals surface area contributed by atoms with Crippen molar-refractivity contribution in [3.05, 3.63) is 20.8 Å². The zero-order valence-corrected chi connectivity index (χ0v) is 9.50. The van der Waals surface area contributed by atoms with E-state index in [1.54, 1.807) is 11.3 Å². The van der Waals surface area contributed by atoms with Crippen LogP contribution < -0.4 is 5.73 Å². The molecule has 0 atom stereocenters. The summed E-state index contributed by atoms with van der Waals surface area (Å²) in [7, 11) is 0. The second kappa shape index (κ2) is 3.33. The summed E-state index contributed by atoms with van der Waals surface area (Å²) >= 11 is 5.01. The van der Waals surface area contributed by atoms with Crippen LogP contribution in [0.2, 0.25) is 0 Å². The molecule has 13 heavy (non-hydrogen) atoms. The standard InChI is InChI=1S/C9H11BrFNS/c10-8-6(1-2-13-8)3-9(11)4-7(12)5-9/h1-2,7H,3-5,12H2. The van der Waals surface area contributed by atoms with Crippen LogP contribution in [0.25, 0.3) is 0 Å². The maximum Gasteiger partial charge on any atom is 0.118 e. The Morgan fingerprint density at radius 1 is 1.69 bits per heavy atom. The van der Waals surface area contributed by atoms with Crippen molar-refractivity contribution in [1.29, 1.82) is 0 Å². The lowest BCUT2D eigenvalue weighted by atomic mass is 9.74. The van der Waals surface area contributed by atoms with Crippen molar-refractivity contribution >= 4 is 27.3 Å². The molecule has 4 heteroatoms. The van der Waals surface area contributed by atoms with E-state index in [2.05, 4.69) is 15.9 Å². The van der Waals surface area contributed by atoms with Crippen molar-refractivity contribution in [1.82, 2.24) is 0 Å². The lowest BCUT2D eigenvalue weighted by molar-refractivity contribution is 0.0444. The third-order valence-electron chi connectivity index (χ3n) is 2.46. The summed E-state index contributed by atoms with van der Waals surface area (Å²) in [6, 6.07) is 2.04. The molecular formula is C9H11BrFNS. The molecule has 1 saturated carbocycles. The van der Waals surface area contributed by atoms with Crippen LogP contribution in [0.5, 0.6) is 0 Å². The molecule has 0 unspecified atom stereocenters. The van der Waals surface area contributed by atoms with Gasteiger partial charge in [0.25, 0.3) is 0 Å². The highest BCUT2D eigenvalue weighted by Gasteiger charge is 2.43. The normalized spacial score (nSPS) is 33.0. The zero-order valence-electron chi connectivity index (χ0n) is 7.09.